The second kappa shape index (κ2) is 10.9. The monoisotopic (exact) mass is 583 g/mol. The van der Waals surface area contributed by atoms with Crippen molar-refractivity contribution < 1.29 is 32.0 Å². The highest BCUT2D eigenvalue weighted by atomic mass is 35.5. The molecule has 0 spiro atoms. The van der Waals surface area contributed by atoms with Crippen molar-refractivity contribution in [2.24, 2.45) is 0 Å². The van der Waals surface area contributed by atoms with Crippen molar-refractivity contribution in [1.29, 1.82) is 0 Å². The number of alkyl carbamates (subject to hydrolysis) is 1. The van der Waals surface area contributed by atoms with Crippen LogP contribution in [0.15, 0.2) is 72.2 Å². The summed E-state index contributed by atoms with van der Waals surface area (Å²) in [7, 11) is -0.931. The quantitative estimate of drug-likeness (QED) is 0.300. The van der Waals surface area contributed by atoms with Gasteiger partial charge < -0.3 is 19.4 Å². The topological polar surface area (TPSA) is 56.8 Å². The first-order valence-corrected chi connectivity index (χ1v) is 13.7. The van der Waals surface area contributed by atoms with Gasteiger partial charge in [-0.05, 0) is 79.2 Å². The Morgan fingerprint density at radius 3 is 2.10 bits per heavy atom. The molecule has 0 aromatic heterocycles. The maximum atomic E-state index is 13.4. The molecule has 3 aromatic rings. The van der Waals surface area contributed by atoms with Crippen LogP contribution in [-0.2, 0) is 20.2 Å². The Bertz CT molecular complexity index is 1440. The molecule has 5 nitrogen and oxygen atoms in total. The molecule has 1 heterocycles. The summed E-state index contributed by atoms with van der Waals surface area (Å²) in [5.74, 6) is -0.116. The predicted octanol–water partition coefficient (Wildman–Crippen LogP) is 7.91. The summed E-state index contributed by atoms with van der Waals surface area (Å²) in [4.78, 5) is 12.9. The fraction of sp³-hybridized carbons (Fsp3) is 0.323. The third kappa shape index (κ3) is 5.89. The van der Waals surface area contributed by atoms with Crippen molar-refractivity contribution in [1.82, 2.24) is 5.32 Å². The first-order chi connectivity index (χ1) is 19.3. The van der Waals surface area contributed by atoms with Crippen molar-refractivity contribution in [3.63, 3.8) is 0 Å². The molecule has 10 heteroatoms. The van der Waals surface area contributed by atoms with Crippen LogP contribution < -0.4 is 5.32 Å². The number of ether oxygens (including phenoxy) is 1. The molecule has 2 aliphatic rings. The van der Waals surface area contributed by atoms with Crippen LogP contribution >= 0.6 is 11.6 Å². The summed E-state index contributed by atoms with van der Waals surface area (Å²) in [6, 6.07) is 19.1. The van der Waals surface area contributed by atoms with E-state index in [9.17, 15) is 18.0 Å². The van der Waals surface area contributed by atoms with E-state index >= 15 is 0 Å². The van der Waals surface area contributed by atoms with Crippen molar-refractivity contribution >= 4 is 30.9 Å². The van der Waals surface area contributed by atoms with Gasteiger partial charge in [-0.2, -0.15) is 13.2 Å². The molecule has 0 atom stereocenters. The van der Waals surface area contributed by atoms with Gasteiger partial charge in [0.2, 0.25) is 0 Å². The van der Waals surface area contributed by atoms with Gasteiger partial charge in [-0.1, -0.05) is 66.2 Å². The van der Waals surface area contributed by atoms with Crippen LogP contribution in [0.4, 0.5) is 18.0 Å². The Hall–Kier alpha value is -3.27. The standard InChI is InChI=1S/C31H30BClF3NO4/c1-29(2)30(3,4)41-32(40-29)21(16-19-15-20(31(34,35)36)13-14-27(19)33)17-37-28(38)39-18-26-24-11-7-5-9-22(24)23-10-6-8-12-25(23)26/h5-16,26H,17-18H2,1-4H3,(H,37,38). The normalized spacial score (nSPS) is 17.8. The lowest BCUT2D eigenvalue weighted by Crippen LogP contribution is -2.41. The number of rotatable bonds is 6. The summed E-state index contributed by atoms with van der Waals surface area (Å²) in [6.45, 7) is 7.47. The number of hydrogen-bond donors (Lipinski definition) is 1. The molecule has 5 rings (SSSR count). The number of carbonyl (C=O) groups is 1. The molecule has 0 unspecified atom stereocenters. The first-order valence-electron chi connectivity index (χ1n) is 13.3. The van der Waals surface area contributed by atoms with E-state index in [-0.39, 0.29) is 29.7 Å². The molecule has 1 saturated heterocycles. The highest BCUT2D eigenvalue weighted by Gasteiger charge is 2.52. The van der Waals surface area contributed by atoms with Crippen LogP contribution in [0.3, 0.4) is 0 Å². The Balaban J connectivity index is 1.35. The Kier molecular flexibility index (Phi) is 7.74. The third-order valence-corrected chi connectivity index (χ3v) is 8.34. The summed E-state index contributed by atoms with van der Waals surface area (Å²) in [5.41, 5.74) is 2.64. The Labute approximate surface area is 242 Å². The SMILES string of the molecule is CC1(C)OB(C(=Cc2cc(C(F)(F)F)ccc2Cl)CNC(=O)OCC2c3ccccc3-c3ccccc32)OC1(C)C. The number of benzene rings is 3. The number of fused-ring (bicyclic) bond motifs is 3. The smallest absolute Gasteiger partial charge is 0.449 e. The zero-order chi connectivity index (χ0) is 29.6. The van der Waals surface area contributed by atoms with Gasteiger partial charge >= 0.3 is 19.4 Å². The molecule has 3 aromatic carbocycles. The van der Waals surface area contributed by atoms with Gasteiger partial charge in [0.15, 0.2) is 0 Å². The van der Waals surface area contributed by atoms with Crippen LogP contribution in [0.5, 0.6) is 0 Å². The third-order valence-electron chi connectivity index (χ3n) is 8.00. The van der Waals surface area contributed by atoms with Crippen molar-refractivity contribution in [3.8, 4) is 11.1 Å². The minimum absolute atomic E-state index is 0.0971. The Morgan fingerprint density at radius 1 is 0.976 bits per heavy atom. The van der Waals surface area contributed by atoms with Crippen molar-refractivity contribution in [2.45, 2.75) is 51.0 Å². The van der Waals surface area contributed by atoms with Gasteiger partial charge in [0, 0.05) is 17.5 Å². The summed E-state index contributed by atoms with van der Waals surface area (Å²) < 4.78 is 58.1. The summed E-state index contributed by atoms with van der Waals surface area (Å²) in [5, 5.41) is 2.83. The number of carbonyl (C=O) groups excluding carboxylic acids is 1. The van der Waals surface area contributed by atoms with Crippen LogP contribution in [-0.4, -0.2) is 37.6 Å². The number of halogens is 4. The molecule has 0 bridgehead atoms. The fourth-order valence-electron chi connectivity index (χ4n) is 5.05. The average molecular weight is 584 g/mol. The van der Waals surface area contributed by atoms with Crippen LogP contribution in [0.2, 0.25) is 5.02 Å². The molecule has 1 fully saturated rings. The minimum Gasteiger partial charge on any atom is -0.449 e. The maximum Gasteiger partial charge on any atom is 0.492 e. The largest absolute Gasteiger partial charge is 0.492 e. The lowest BCUT2D eigenvalue weighted by molar-refractivity contribution is -0.137. The average Bonchev–Trinajstić information content (AvgIpc) is 3.34. The van der Waals surface area contributed by atoms with Gasteiger partial charge in [0.1, 0.15) is 6.61 Å². The number of alkyl halides is 3. The first kappa shape index (κ1) is 29.2. The van der Waals surface area contributed by atoms with E-state index in [0.29, 0.717) is 5.47 Å². The molecule has 214 valence electrons. The van der Waals surface area contributed by atoms with E-state index in [1.165, 1.54) is 12.1 Å². The molecule has 0 radical (unpaired) electrons. The molecule has 0 saturated carbocycles. The summed E-state index contributed by atoms with van der Waals surface area (Å²) >= 11 is 6.27. The van der Waals surface area contributed by atoms with Gasteiger partial charge in [-0.15, -0.1) is 0 Å². The molecule has 1 amide bonds. The minimum atomic E-state index is -4.54. The van der Waals surface area contributed by atoms with Gasteiger partial charge in [-0.25, -0.2) is 4.79 Å². The number of hydrogen-bond acceptors (Lipinski definition) is 4. The van der Waals surface area contributed by atoms with E-state index in [1.54, 1.807) is 0 Å². The molecule has 1 aliphatic carbocycles. The van der Waals surface area contributed by atoms with E-state index in [0.717, 1.165) is 34.4 Å². The molecule has 1 N–H and O–H groups in total. The van der Waals surface area contributed by atoms with Crippen molar-refractivity contribution in [2.75, 3.05) is 13.2 Å². The zero-order valence-corrected chi connectivity index (χ0v) is 23.9. The predicted molar refractivity (Wildman–Crippen MR) is 154 cm³/mol. The van der Waals surface area contributed by atoms with E-state index < -0.39 is 36.2 Å². The summed E-state index contributed by atoms with van der Waals surface area (Å²) in [6.07, 6.45) is -3.76. The van der Waals surface area contributed by atoms with Gasteiger partial charge in [-0.3, -0.25) is 0 Å². The Morgan fingerprint density at radius 2 is 1.54 bits per heavy atom. The highest BCUT2D eigenvalue weighted by Crippen LogP contribution is 2.44. The highest BCUT2D eigenvalue weighted by molar-refractivity contribution is 6.56. The lowest BCUT2D eigenvalue weighted by Gasteiger charge is -2.32. The van der Waals surface area contributed by atoms with E-state index in [4.69, 9.17) is 25.6 Å². The van der Waals surface area contributed by atoms with E-state index in [1.807, 2.05) is 64.1 Å². The van der Waals surface area contributed by atoms with Crippen LogP contribution in [0, 0.1) is 0 Å². The zero-order valence-electron chi connectivity index (χ0n) is 23.1. The number of nitrogens with one attached hydrogen (secondary N) is 1. The molecule has 41 heavy (non-hydrogen) atoms. The van der Waals surface area contributed by atoms with Crippen LogP contribution in [0.25, 0.3) is 17.2 Å². The van der Waals surface area contributed by atoms with Crippen molar-refractivity contribution in [3.05, 3.63) is 99.5 Å². The second-order valence-corrected chi connectivity index (χ2v) is 11.6. The molecular weight excluding hydrogens is 554 g/mol. The second-order valence-electron chi connectivity index (χ2n) is 11.2. The van der Waals surface area contributed by atoms with Gasteiger partial charge in [0.25, 0.3) is 0 Å². The maximum absolute atomic E-state index is 13.4. The van der Waals surface area contributed by atoms with Gasteiger partial charge in [0.05, 0.1) is 16.8 Å². The molecule has 1 aliphatic heterocycles. The van der Waals surface area contributed by atoms with Crippen LogP contribution in [0.1, 0.15) is 55.9 Å². The lowest BCUT2D eigenvalue weighted by atomic mass is 9.77. The van der Waals surface area contributed by atoms with E-state index in [2.05, 4.69) is 17.4 Å². The fourth-order valence-corrected chi connectivity index (χ4v) is 5.22. The molecular formula is C31H30BClF3NO4. The number of amides is 1.